The van der Waals surface area contributed by atoms with Crippen molar-refractivity contribution < 1.29 is 17.9 Å². The van der Waals surface area contributed by atoms with E-state index in [1.165, 1.54) is 0 Å². The second-order valence-electron chi connectivity index (χ2n) is 8.89. The summed E-state index contributed by atoms with van der Waals surface area (Å²) in [4.78, 5) is 12.3. The van der Waals surface area contributed by atoms with Crippen molar-refractivity contribution in [2.24, 2.45) is 0 Å². The molecule has 0 radical (unpaired) electrons. The van der Waals surface area contributed by atoms with Crippen LogP contribution < -0.4 is 15.4 Å². The summed E-state index contributed by atoms with van der Waals surface area (Å²) in [5.41, 5.74) is 2.06. The van der Waals surface area contributed by atoms with Gasteiger partial charge < -0.3 is 15.4 Å². The average molecular weight is 434 g/mol. The second kappa shape index (κ2) is 7.59. The van der Waals surface area contributed by atoms with Crippen molar-refractivity contribution in [2.45, 2.75) is 69.0 Å². The number of benzene rings is 1. The molecule has 4 N–H and O–H groups in total. The number of ether oxygens (including phenoxy) is 1. The number of aromatic amines is 1. The summed E-state index contributed by atoms with van der Waals surface area (Å²) in [5, 5.41) is 13.3. The minimum atomic E-state index is -3.42. The SMILES string of the molecule is CC(C)(C)NC(=O)O[C@@H]1CC[C@H](c2cc(Nc3ccc4c(c3)S(=O)(=O)NC4)n[nH]2)C1. The molecule has 1 aliphatic carbocycles. The minimum absolute atomic E-state index is 0.119. The monoisotopic (exact) mass is 433 g/mol. The maximum Gasteiger partial charge on any atom is 0.407 e. The summed E-state index contributed by atoms with van der Waals surface area (Å²) in [6, 6.07) is 7.17. The van der Waals surface area contributed by atoms with Gasteiger partial charge in [0.1, 0.15) is 6.10 Å². The van der Waals surface area contributed by atoms with Crippen molar-refractivity contribution in [2.75, 3.05) is 5.32 Å². The van der Waals surface area contributed by atoms with Gasteiger partial charge in [-0.15, -0.1) is 0 Å². The van der Waals surface area contributed by atoms with E-state index in [1.807, 2.05) is 32.9 Å². The van der Waals surface area contributed by atoms with Crippen LogP contribution in [0.2, 0.25) is 0 Å². The number of anilines is 2. The minimum Gasteiger partial charge on any atom is -0.446 e. The van der Waals surface area contributed by atoms with Crippen LogP contribution in [-0.2, 0) is 21.3 Å². The molecule has 0 spiro atoms. The van der Waals surface area contributed by atoms with E-state index in [2.05, 4.69) is 25.6 Å². The van der Waals surface area contributed by atoms with E-state index in [4.69, 9.17) is 4.74 Å². The summed E-state index contributed by atoms with van der Waals surface area (Å²) < 4.78 is 32.1. The van der Waals surface area contributed by atoms with Gasteiger partial charge in [0, 0.05) is 35.4 Å². The normalized spacial score (nSPS) is 22.5. The fourth-order valence-corrected chi connectivity index (χ4v) is 5.12. The van der Waals surface area contributed by atoms with Crippen LogP contribution >= 0.6 is 0 Å². The van der Waals surface area contributed by atoms with E-state index in [0.717, 1.165) is 30.5 Å². The molecule has 1 fully saturated rings. The Labute approximate surface area is 176 Å². The number of hydrogen-bond acceptors (Lipinski definition) is 6. The van der Waals surface area contributed by atoms with Crippen molar-refractivity contribution in [1.29, 1.82) is 0 Å². The van der Waals surface area contributed by atoms with Crippen molar-refractivity contribution in [3.05, 3.63) is 35.5 Å². The fraction of sp³-hybridized carbons (Fsp3) is 0.500. The van der Waals surface area contributed by atoms with E-state index in [0.29, 0.717) is 22.9 Å². The van der Waals surface area contributed by atoms with Crippen molar-refractivity contribution >= 4 is 27.6 Å². The highest BCUT2D eigenvalue weighted by molar-refractivity contribution is 7.89. The maximum atomic E-state index is 12.0. The van der Waals surface area contributed by atoms with Crippen LogP contribution in [-0.4, -0.2) is 36.4 Å². The molecule has 1 aromatic carbocycles. The molecule has 10 heteroatoms. The van der Waals surface area contributed by atoms with E-state index in [-0.39, 0.29) is 23.7 Å². The molecular formula is C20H27N5O4S. The molecule has 1 amide bonds. The van der Waals surface area contributed by atoms with Crippen molar-refractivity contribution in [1.82, 2.24) is 20.2 Å². The standard InChI is InChI=1S/C20H27N5O4S/c1-20(2,3)23-19(26)29-15-7-5-12(8-15)16-10-18(25-24-16)22-14-6-4-13-11-21-30(27,28)17(13)9-14/h4,6,9-10,12,15,21H,5,7-8,11H2,1-3H3,(H,23,26)(H2,22,24,25)/t12-,15+/m0/s1. The highest BCUT2D eigenvalue weighted by atomic mass is 32.2. The Morgan fingerprint density at radius 3 is 2.80 bits per heavy atom. The van der Waals surface area contributed by atoms with Gasteiger partial charge in [-0.05, 0) is 57.7 Å². The second-order valence-corrected chi connectivity index (χ2v) is 10.6. The van der Waals surface area contributed by atoms with Crippen molar-refractivity contribution in [3.63, 3.8) is 0 Å². The lowest BCUT2D eigenvalue weighted by Crippen LogP contribution is -2.42. The number of sulfonamides is 1. The first-order valence-electron chi connectivity index (χ1n) is 10.0. The lowest BCUT2D eigenvalue weighted by atomic mass is 10.0. The van der Waals surface area contributed by atoms with E-state index in [9.17, 15) is 13.2 Å². The number of nitrogens with zero attached hydrogens (tertiary/aromatic N) is 1. The van der Waals surface area contributed by atoms with Gasteiger partial charge in [-0.3, -0.25) is 5.10 Å². The first kappa shape index (κ1) is 20.7. The molecule has 0 bridgehead atoms. The van der Waals surface area contributed by atoms with Gasteiger partial charge in [-0.1, -0.05) is 6.07 Å². The number of fused-ring (bicyclic) bond motifs is 1. The van der Waals surface area contributed by atoms with Crippen LogP contribution in [0.3, 0.4) is 0 Å². The van der Waals surface area contributed by atoms with E-state index in [1.54, 1.807) is 12.1 Å². The smallest absolute Gasteiger partial charge is 0.407 e. The van der Waals surface area contributed by atoms with Gasteiger partial charge in [0.05, 0.1) is 4.90 Å². The third kappa shape index (κ3) is 4.59. The van der Waals surface area contributed by atoms with Gasteiger partial charge in [-0.2, -0.15) is 5.10 Å². The number of amides is 1. The van der Waals surface area contributed by atoms with Crippen LogP contribution in [0.5, 0.6) is 0 Å². The highest BCUT2D eigenvalue weighted by Gasteiger charge is 2.31. The number of alkyl carbamates (subject to hydrolysis) is 1. The topological polar surface area (TPSA) is 125 Å². The molecular weight excluding hydrogens is 406 g/mol. The Bertz CT molecular complexity index is 1060. The Balaban J connectivity index is 1.37. The molecule has 0 saturated heterocycles. The number of hydrogen-bond donors (Lipinski definition) is 4. The molecule has 1 aliphatic heterocycles. The third-order valence-electron chi connectivity index (χ3n) is 5.25. The first-order valence-corrected chi connectivity index (χ1v) is 11.5. The lowest BCUT2D eigenvalue weighted by molar-refractivity contribution is 0.0936. The zero-order valence-electron chi connectivity index (χ0n) is 17.3. The third-order valence-corrected chi connectivity index (χ3v) is 6.74. The predicted molar refractivity (Wildman–Crippen MR) is 112 cm³/mol. The molecule has 162 valence electrons. The quantitative estimate of drug-likeness (QED) is 0.587. The summed E-state index contributed by atoms with van der Waals surface area (Å²) in [7, 11) is -3.42. The van der Waals surface area contributed by atoms with Crippen LogP contribution in [0.1, 0.15) is 57.2 Å². The molecule has 2 aromatic rings. The molecule has 0 unspecified atom stereocenters. The average Bonchev–Trinajstić information content (AvgIpc) is 3.34. The summed E-state index contributed by atoms with van der Waals surface area (Å²) >= 11 is 0. The maximum absolute atomic E-state index is 12.0. The van der Waals surface area contributed by atoms with Gasteiger partial charge in [0.2, 0.25) is 10.0 Å². The number of carbonyl (C=O) groups is 1. The Morgan fingerprint density at radius 2 is 2.03 bits per heavy atom. The van der Waals surface area contributed by atoms with E-state index >= 15 is 0 Å². The van der Waals surface area contributed by atoms with Gasteiger partial charge in [0.25, 0.3) is 0 Å². The van der Waals surface area contributed by atoms with Crippen molar-refractivity contribution in [3.8, 4) is 0 Å². The summed E-state index contributed by atoms with van der Waals surface area (Å²) in [6.07, 6.45) is 1.94. The number of aromatic nitrogens is 2. The number of nitrogens with one attached hydrogen (secondary N) is 4. The molecule has 2 atom stereocenters. The van der Waals surface area contributed by atoms with Gasteiger partial charge in [-0.25, -0.2) is 17.9 Å². The van der Waals surface area contributed by atoms with E-state index < -0.39 is 10.0 Å². The Kier molecular flexibility index (Phi) is 5.23. The largest absolute Gasteiger partial charge is 0.446 e. The summed E-state index contributed by atoms with van der Waals surface area (Å²) in [5.74, 6) is 0.841. The summed E-state index contributed by atoms with van der Waals surface area (Å²) in [6.45, 7) is 6.07. The number of H-pyrrole nitrogens is 1. The molecule has 9 nitrogen and oxygen atoms in total. The number of carbonyl (C=O) groups excluding carboxylic acids is 1. The van der Waals surface area contributed by atoms with Gasteiger partial charge in [0.15, 0.2) is 5.82 Å². The van der Waals surface area contributed by atoms with Crippen LogP contribution in [0.15, 0.2) is 29.2 Å². The first-order chi connectivity index (χ1) is 14.1. The Hall–Kier alpha value is -2.59. The van der Waals surface area contributed by atoms with Crippen LogP contribution in [0, 0.1) is 0 Å². The molecule has 4 rings (SSSR count). The zero-order valence-corrected chi connectivity index (χ0v) is 18.1. The molecule has 2 heterocycles. The molecule has 2 aliphatic rings. The predicted octanol–water partition coefficient (Wildman–Crippen LogP) is 3.11. The molecule has 1 aromatic heterocycles. The Morgan fingerprint density at radius 1 is 1.23 bits per heavy atom. The number of rotatable bonds is 4. The molecule has 1 saturated carbocycles. The van der Waals surface area contributed by atoms with Gasteiger partial charge >= 0.3 is 6.09 Å². The molecule has 30 heavy (non-hydrogen) atoms. The zero-order chi connectivity index (χ0) is 21.5. The lowest BCUT2D eigenvalue weighted by Gasteiger charge is -2.22. The van der Waals surface area contributed by atoms with Crippen LogP contribution in [0.25, 0.3) is 0 Å². The van der Waals surface area contributed by atoms with Crippen LogP contribution in [0.4, 0.5) is 16.3 Å². The highest BCUT2D eigenvalue weighted by Crippen LogP contribution is 2.36. The fourth-order valence-electron chi connectivity index (χ4n) is 3.85.